The lowest BCUT2D eigenvalue weighted by molar-refractivity contribution is 0.0603. The number of benzene rings is 1. The molecule has 1 N–H and O–H groups in total. The maximum atomic E-state index is 11.5. The smallest absolute Gasteiger partial charge is 0.351 e. The second-order valence-corrected chi connectivity index (χ2v) is 5.43. The number of ether oxygens (including phenoxy) is 2. The monoisotopic (exact) mass is 292 g/mol. The fourth-order valence-electron chi connectivity index (χ4n) is 1.91. The number of hydrogen-bond acceptors (Lipinski definition) is 5. The van der Waals surface area contributed by atoms with Gasteiger partial charge in [0.2, 0.25) is 0 Å². The first kappa shape index (κ1) is 14.4. The summed E-state index contributed by atoms with van der Waals surface area (Å²) >= 11 is 1.25. The van der Waals surface area contributed by atoms with E-state index in [2.05, 4.69) is 4.74 Å². The van der Waals surface area contributed by atoms with E-state index in [1.165, 1.54) is 18.4 Å². The Kier molecular flexibility index (Phi) is 4.29. The molecule has 1 atom stereocenters. The highest BCUT2D eigenvalue weighted by Gasteiger charge is 2.20. The summed E-state index contributed by atoms with van der Waals surface area (Å²) in [4.78, 5) is 12.7. The lowest BCUT2D eigenvalue weighted by atomic mass is 9.99. The normalized spacial score (nSPS) is 11.9. The number of thiophene rings is 1. The predicted molar refractivity (Wildman–Crippen MR) is 77.8 cm³/mol. The van der Waals surface area contributed by atoms with Crippen LogP contribution in [0.3, 0.4) is 0 Å². The highest BCUT2D eigenvalue weighted by atomic mass is 32.1. The van der Waals surface area contributed by atoms with Crippen molar-refractivity contribution in [3.63, 3.8) is 0 Å². The lowest BCUT2D eigenvalue weighted by Crippen LogP contribution is -1.97. The summed E-state index contributed by atoms with van der Waals surface area (Å²) < 4.78 is 9.77. The van der Waals surface area contributed by atoms with Gasteiger partial charge in [-0.2, -0.15) is 0 Å². The van der Waals surface area contributed by atoms with Crippen LogP contribution in [0.4, 0.5) is 0 Å². The Morgan fingerprint density at radius 2 is 1.90 bits per heavy atom. The van der Waals surface area contributed by atoms with Crippen molar-refractivity contribution < 1.29 is 19.4 Å². The van der Waals surface area contributed by atoms with E-state index in [0.29, 0.717) is 0 Å². The molecule has 0 spiro atoms. The van der Waals surface area contributed by atoms with E-state index < -0.39 is 5.97 Å². The first-order chi connectivity index (χ1) is 9.56. The van der Waals surface area contributed by atoms with Crippen LogP contribution in [0.5, 0.6) is 11.5 Å². The molecule has 0 radical (unpaired) electrons. The second-order valence-electron chi connectivity index (χ2n) is 4.35. The Labute approximate surface area is 121 Å². The molecule has 1 heterocycles. The quantitative estimate of drug-likeness (QED) is 0.877. The molecule has 1 aromatic heterocycles. The van der Waals surface area contributed by atoms with Gasteiger partial charge in [-0.1, -0.05) is 19.1 Å². The zero-order chi connectivity index (χ0) is 14.7. The van der Waals surface area contributed by atoms with Crippen molar-refractivity contribution in [1.82, 2.24) is 0 Å². The van der Waals surface area contributed by atoms with E-state index in [0.717, 1.165) is 16.2 Å². The van der Waals surface area contributed by atoms with E-state index in [1.54, 1.807) is 13.2 Å². The number of carbonyl (C=O) groups is 1. The third-order valence-electron chi connectivity index (χ3n) is 3.14. The number of rotatable bonds is 4. The first-order valence-electron chi connectivity index (χ1n) is 6.11. The Bertz CT molecular complexity index is 601. The van der Waals surface area contributed by atoms with E-state index >= 15 is 0 Å². The van der Waals surface area contributed by atoms with Crippen molar-refractivity contribution >= 4 is 17.3 Å². The van der Waals surface area contributed by atoms with Crippen molar-refractivity contribution in [3.8, 4) is 11.5 Å². The summed E-state index contributed by atoms with van der Waals surface area (Å²) in [6.45, 7) is 2.02. The maximum absolute atomic E-state index is 11.5. The van der Waals surface area contributed by atoms with Gasteiger partial charge in [-0.15, -0.1) is 11.3 Å². The van der Waals surface area contributed by atoms with Crippen LogP contribution < -0.4 is 4.74 Å². The van der Waals surface area contributed by atoms with Crippen LogP contribution in [0.15, 0.2) is 30.3 Å². The number of carbonyl (C=O) groups excluding carboxylic acids is 1. The summed E-state index contributed by atoms with van der Waals surface area (Å²) in [5.74, 6) is 0.332. The van der Waals surface area contributed by atoms with E-state index in [4.69, 9.17) is 4.74 Å². The van der Waals surface area contributed by atoms with Crippen LogP contribution in [0.25, 0.3) is 0 Å². The molecule has 1 unspecified atom stereocenters. The van der Waals surface area contributed by atoms with Crippen molar-refractivity contribution in [2.24, 2.45) is 0 Å². The van der Waals surface area contributed by atoms with Crippen LogP contribution in [0.1, 0.15) is 33.0 Å². The fourth-order valence-corrected chi connectivity index (χ4v) is 2.96. The van der Waals surface area contributed by atoms with Crippen LogP contribution in [0.2, 0.25) is 0 Å². The Morgan fingerprint density at radius 1 is 1.25 bits per heavy atom. The summed E-state index contributed by atoms with van der Waals surface area (Å²) in [6.07, 6.45) is 0. The van der Waals surface area contributed by atoms with Gasteiger partial charge in [0, 0.05) is 10.8 Å². The molecule has 106 valence electrons. The van der Waals surface area contributed by atoms with E-state index in [9.17, 15) is 9.90 Å². The molecule has 2 aromatic rings. The zero-order valence-electron chi connectivity index (χ0n) is 11.5. The van der Waals surface area contributed by atoms with Gasteiger partial charge in [-0.25, -0.2) is 4.79 Å². The molecule has 0 bridgehead atoms. The molecule has 0 saturated carbocycles. The third-order valence-corrected chi connectivity index (χ3v) is 4.43. The number of methoxy groups -OCH3 is 2. The van der Waals surface area contributed by atoms with Gasteiger partial charge in [0.25, 0.3) is 0 Å². The molecule has 0 amide bonds. The van der Waals surface area contributed by atoms with Crippen LogP contribution in [-0.4, -0.2) is 25.3 Å². The predicted octanol–water partition coefficient (Wildman–Crippen LogP) is 3.40. The SMILES string of the molecule is COC(=O)c1sc(C(C)c2ccc(OC)cc2)cc1O. The molecule has 0 fully saturated rings. The van der Waals surface area contributed by atoms with Gasteiger partial charge in [0.15, 0.2) is 4.88 Å². The van der Waals surface area contributed by atoms with Crippen molar-refractivity contribution in [2.45, 2.75) is 12.8 Å². The molecule has 20 heavy (non-hydrogen) atoms. The maximum Gasteiger partial charge on any atom is 0.351 e. The summed E-state index contributed by atoms with van der Waals surface area (Å²) in [5, 5.41) is 9.80. The number of hydrogen-bond donors (Lipinski definition) is 1. The van der Waals surface area contributed by atoms with Gasteiger partial charge in [0.1, 0.15) is 11.5 Å². The van der Waals surface area contributed by atoms with Gasteiger partial charge < -0.3 is 14.6 Å². The molecule has 4 nitrogen and oxygen atoms in total. The molecule has 5 heteroatoms. The molecule has 0 aliphatic heterocycles. The summed E-state index contributed by atoms with van der Waals surface area (Å²) in [7, 11) is 2.92. The van der Waals surface area contributed by atoms with Gasteiger partial charge in [-0.3, -0.25) is 0 Å². The minimum absolute atomic E-state index is 0.0304. The van der Waals surface area contributed by atoms with Crippen molar-refractivity contribution in [1.29, 1.82) is 0 Å². The second kappa shape index (κ2) is 5.96. The largest absolute Gasteiger partial charge is 0.506 e. The minimum atomic E-state index is -0.513. The highest BCUT2D eigenvalue weighted by molar-refractivity contribution is 7.14. The van der Waals surface area contributed by atoms with Crippen molar-refractivity contribution in [3.05, 3.63) is 45.6 Å². The van der Waals surface area contributed by atoms with Crippen molar-refractivity contribution in [2.75, 3.05) is 14.2 Å². The zero-order valence-corrected chi connectivity index (χ0v) is 12.4. The highest BCUT2D eigenvalue weighted by Crippen LogP contribution is 2.36. The molecule has 1 aromatic carbocycles. The summed E-state index contributed by atoms with van der Waals surface area (Å²) in [5.41, 5.74) is 1.09. The number of aromatic hydroxyl groups is 1. The molecule has 0 aliphatic carbocycles. The van der Waals surface area contributed by atoms with Crippen LogP contribution in [0, 0.1) is 0 Å². The topological polar surface area (TPSA) is 55.8 Å². The first-order valence-corrected chi connectivity index (χ1v) is 6.93. The van der Waals surface area contributed by atoms with E-state index in [-0.39, 0.29) is 16.5 Å². The van der Waals surface area contributed by atoms with E-state index in [1.807, 2.05) is 31.2 Å². The minimum Gasteiger partial charge on any atom is -0.506 e. The van der Waals surface area contributed by atoms with Crippen LogP contribution in [-0.2, 0) is 4.74 Å². The Hall–Kier alpha value is -2.01. The van der Waals surface area contributed by atoms with Gasteiger partial charge in [-0.05, 0) is 23.8 Å². The third kappa shape index (κ3) is 2.77. The van der Waals surface area contributed by atoms with Gasteiger partial charge in [0.05, 0.1) is 14.2 Å². The Morgan fingerprint density at radius 3 is 2.45 bits per heavy atom. The van der Waals surface area contributed by atoms with Crippen LogP contribution >= 0.6 is 11.3 Å². The fraction of sp³-hybridized carbons (Fsp3) is 0.267. The molecule has 0 saturated heterocycles. The Balaban J connectivity index is 2.28. The summed E-state index contributed by atoms with van der Waals surface area (Å²) in [6, 6.07) is 9.34. The average molecular weight is 292 g/mol. The standard InChI is InChI=1S/C15H16O4S/c1-9(10-4-6-11(18-2)7-5-10)13-8-12(16)14(20-13)15(17)19-3/h4-9,16H,1-3H3. The molecular weight excluding hydrogens is 276 g/mol. The lowest BCUT2D eigenvalue weighted by Gasteiger charge is -2.10. The molecule has 0 aliphatic rings. The molecule has 2 rings (SSSR count). The average Bonchev–Trinajstić information content (AvgIpc) is 2.87. The van der Waals surface area contributed by atoms with Gasteiger partial charge >= 0.3 is 5.97 Å². The number of esters is 1. The molecular formula is C15H16O4S.